The third kappa shape index (κ3) is 5.04. The molecule has 0 aliphatic carbocycles. The minimum absolute atomic E-state index is 0.0406. The zero-order valence-corrected chi connectivity index (χ0v) is 11.8. The van der Waals surface area contributed by atoms with Gasteiger partial charge in [-0.2, -0.15) is 0 Å². The molecule has 2 atom stereocenters. The van der Waals surface area contributed by atoms with E-state index in [9.17, 15) is 9.59 Å². The van der Waals surface area contributed by atoms with Crippen molar-refractivity contribution in [1.82, 2.24) is 15.1 Å². The lowest BCUT2D eigenvalue weighted by molar-refractivity contribution is -0.140. The summed E-state index contributed by atoms with van der Waals surface area (Å²) in [6.07, 6.45) is 1.06. The maximum Gasteiger partial charge on any atom is 0.328 e. The molecule has 7 nitrogen and oxygen atoms in total. The summed E-state index contributed by atoms with van der Waals surface area (Å²) in [7, 11) is 5.14. The number of nitrogens with zero attached hydrogens (tertiary/aromatic N) is 2. The molecule has 1 saturated heterocycles. The maximum atomic E-state index is 11.9. The van der Waals surface area contributed by atoms with Gasteiger partial charge in [-0.25, -0.2) is 9.59 Å². The number of nitrogens with one attached hydrogen (secondary N) is 1. The number of carbonyl (C=O) groups is 2. The Labute approximate surface area is 113 Å². The molecule has 110 valence electrons. The molecule has 2 unspecified atom stereocenters. The smallest absolute Gasteiger partial charge is 0.328 e. The van der Waals surface area contributed by atoms with Gasteiger partial charge in [-0.05, 0) is 25.9 Å². The van der Waals surface area contributed by atoms with Crippen LogP contribution in [-0.2, 0) is 9.53 Å². The first kappa shape index (κ1) is 15.7. The van der Waals surface area contributed by atoms with Crippen LogP contribution in [-0.4, -0.2) is 80.4 Å². The molecule has 19 heavy (non-hydrogen) atoms. The number of carbonyl (C=O) groups excluding carboxylic acids is 1. The zero-order chi connectivity index (χ0) is 14.4. The van der Waals surface area contributed by atoms with Crippen molar-refractivity contribution in [2.24, 2.45) is 5.92 Å². The van der Waals surface area contributed by atoms with Crippen molar-refractivity contribution in [3.63, 3.8) is 0 Å². The van der Waals surface area contributed by atoms with Crippen LogP contribution in [0.5, 0.6) is 0 Å². The van der Waals surface area contributed by atoms with Gasteiger partial charge in [-0.15, -0.1) is 0 Å². The van der Waals surface area contributed by atoms with E-state index in [4.69, 9.17) is 9.84 Å². The Kier molecular flexibility index (Phi) is 6.04. The van der Waals surface area contributed by atoms with Gasteiger partial charge in [0.2, 0.25) is 0 Å². The maximum absolute atomic E-state index is 11.9. The molecular weight excluding hydrogens is 250 g/mol. The Hall–Kier alpha value is -1.34. The fourth-order valence-corrected chi connectivity index (χ4v) is 2.25. The van der Waals surface area contributed by atoms with Crippen molar-refractivity contribution in [2.45, 2.75) is 12.5 Å². The molecule has 7 heteroatoms. The minimum atomic E-state index is -1.09. The molecule has 1 fully saturated rings. The summed E-state index contributed by atoms with van der Waals surface area (Å²) in [5, 5.41) is 11.4. The number of likely N-dealkylation sites (tertiary alicyclic amines) is 1. The van der Waals surface area contributed by atoms with Gasteiger partial charge in [-0.1, -0.05) is 0 Å². The van der Waals surface area contributed by atoms with Gasteiger partial charge in [0.15, 0.2) is 6.04 Å². The summed E-state index contributed by atoms with van der Waals surface area (Å²) in [5.74, 6) is -0.643. The molecule has 0 aromatic rings. The molecule has 0 aromatic heterocycles. The van der Waals surface area contributed by atoms with E-state index < -0.39 is 12.0 Å². The van der Waals surface area contributed by atoms with E-state index in [0.29, 0.717) is 12.5 Å². The Morgan fingerprint density at radius 2 is 2.26 bits per heavy atom. The van der Waals surface area contributed by atoms with E-state index in [2.05, 4.69) is 17.3 Å². The highest BCUT2D eigenvalue weighted by molar-refractivity contribution is 5.82. The quantitative estimate of drug-likeness (QED) is 0.693. The number of carboxylic acid groups (broad SMARTS) is 1. The first-order valence-corrected chi connectivity index (χ1v) is 6.36. The van der Waals surface area contributed by atoms with E-state index in [-0.39, 0.29) is 12.6 Å². The van der Waals surface area contributed by atoms with Gasteiger partial charge < -0.3 is 25.0 Å². The number of urea groups is 1. The molecule has 1 aliphatic rings. The lowest BCUT2D eigenvalue weighted by Gasteiger charge is -2.23. The second-order valence-corrected chi connectivity index (χ2v) is 5.09. The van der Waals surface area contributed by atoms with Crippen LogP contribution < -0.4 is 5.32 Å². The topological polar surface area (TPSA) is 82.1 Å². The highest BCUT2D eigenvalue weighted by atomic mass is 16.5. The number of hydrogen-bond acceptors (Lipinski definition) is 4. The van der Waals surface area contributed by atoms with Crippen LogP contribution in [0.25, 0.3) is 0 Å². The average molecular weight is 273 g/mol. The van der Waals surface area contributed by atoms with Crippen LogP contribution in [0.3, 0.4) is 0 Å². The van der Waals surface area contributed by atoms with Crippen LogP contribution in [0.4, 0.5) is 4.79 Å². The van der Waals surface area contributed by atoms with E-state index >= 15 is 0 Å². The molecule has 1 heterocycles. The van der Waals surface area contributed by atoms with Gasteiger partial charge in [0.25, 0.3) is 0 Å². The number of ether oxygens (including phenoxy) is 1. The van der Waals surface area contributed by atoms with Crippen molar-refractivity contribution in [2.75, 3.05) is 47.4 Å². The summed E-state index contributed by atoms with van der Waals surface area (Å²) in [5.41, 5.74) is 0. The van der Waals surface area contributed by atoms with E-state index in [0.717, 1.165) is 19.5 Å². The predicted octanol–water partition coefficient (Wildman–Crippen LogP) is -0.321. The Morgan fingerprint density at radius 3 is 2.74 bits per heavy atom. The highest BCUT2D eigenvalue weighted by Gasteiger charge is 2.25. The van der Waals surface area contributed by atoms with Crippen molar-refractivity contribution in [3.05, 3.63) is 0 Å². The molecule has 0 spiro atoms. The second kappa shape index (κ2) is 7.30. The molecule has 2 N–H and O–H groups in total. The van der Waals surface area contributed by atoms with Gasteiger partial charge in [0.1, 0.15) is 0 Å². The Morgan fingerprint density at radius 1 is 1.58 bits per heavy atom. The summed E-state index contributed by atoms with van der Waals surface area (Å²) in [4.78, 5) is 26.6. The van der Waals surface area contributed by atoms with Gasteiger partial charge in [-0.3, -0.25) is 0 Å². The molecule has 1 aliphatic heterocycles. The summed E-state index contributed by atoms with van der Waals surface area (Å²) >= 11 is 0. The van der Waals surface area contributed by atoms with Crippen molar-refractivity contribution >= 4 is 12.0 Å². The van der Waals surface area contributed by atoms with Gasteiger partial charge >= 0.3 is 12.0 Å². The standard InChI is InChI=1S/C12H23N3O4/c1-14-5-4-9(6-14)7-15(2)12(18)13-10(8-19-3)11(16)17/h9-10H,4-8H2,1-3H3,(H,13,18)(H,16,17). The fourth-order valence-electron chi connectivity index (χ4n) is 2.25. The molecule has 0 saturated carbocycles. The zero-order valence-electron chi connectivity index (χ0n) is 11.8. The number of rotatable bonds is 6. The van der Waals surface area contributed by atoms with Crippen LogP contribution in [0.1, 0.15) is 6.42 Å². The van der Waals surface area contributed by atoms with Gasteiger partial charge in [0, 0.05) is 27.2 Å². The summed E-state index contributed by atoms with van der Waals surface area (Å²) in [6, 6.07) is -1.38. The third-order valence-electron chi connectivity index (χ3n) is 3.30. The van der Waals surface area contributed by atoms with E-state index in [1.165, 1.54) is 12.0 Å². The lowest BCUT2D eigenvalue weighted by Crippen LogP contribution is -2.49. The average Bonchev–Trinajstić information content (AvgIpc) is 2.73. The van der Waals surface area contributed by atoms with Crippen LogP contribution in [0.15, 0.2) is 0 Å². The summed E-state index contributed by atoms with van der Waals surface area (Å²) in [6.45, 7) is 2.61. The molecule has 0 radical (unpaired) electrons. The second-order valence-electron chi connectivity index (χ2n) is 5.09. The molecule has 2 amide bonds. The van der Waals surface area contributed by atoms with Crippen LogP contribution >= 0.6 is 0 Å². The number of aliphatic carboxylic acids is 1. The Bertz CT molecular complexity index is 324. The molecule has 0 bridgehead atoms. The first-order chi connectivity index (χ1) is 8.93. The van der Waals surface area contributed by atoms with Crippen molar-refractivity contribution < 1.29 is 19.4 Å². The largest absolute Gasteiger partial charge is 0.480 e. The van der Waals surface area contributed by atoms with Crippen LogP contribution in [0, 0.1) is 5.92 Å². The number of methoxy groups -OCH3 is 1. The van der Waals surface area contributed by atoms with E-state index in [1.54, 1.807) is 7.05 Å². The first-order valence-electron chi connectivity index (χ1n) is 6.36. The monoisotopic (exact) mass is 273 g/mol. The number of hydrogen-bond donors (Lipinski definition) is 2. The molecule has 1 rings (SSSR count). The highest BCUT2D eigenvalue weighted by Crippen LogP contribution is 2.15. The van der Waals surface area contributed by atoms with Gasteiger partial charge in [0.05, 0.1) is 6.61 Å². The number of carboxylic acids is 1. The predicted molar refractivity (Wildman–Crippen MR) is 70.1 cm³/mol. The van der Waals surface area contributed by atoms with Crippen molar-refractivity contribution in [3.8, 4) is 0 Å². The normalized spacial score (nSPS) is 21.1. The third-order valence-corrected chi connectivity index (χ3v) is 3.30. The lowest BCUT2D eigenvalue weighted by atomic mass is 10.1. The fraction of sp³-hybridized carbons (Fsp3) is 0.833. The molecular formula is C12H23N3O4. The van der Waals surface area contributed by atoms with E-state index in [1.807, 2.05) is 0 Å². The Balaban J connectivity index is 2.40. The SMILES string of the molecule is COCC(NC(=O)N(C)CC1CCN(C)C1)C(=O)O. The minimum Gasteiger partial charge on any atom is -0.480 e. The van der Waals surface area contributed by atoms with Crippen LogP contribution in [0.2, 0.25) is 0 Å². The van der Waals surface area contributed by atoms with Crippen molar-refractivity contribution in [1.29, 1.82) is 0 Å². The summed E-state index contributed by atoms with van der Waals surface area (Å²) < 4.78 is 4.77. The number of amides is 2. The molecule has 0 aromatic carbocycles.